The molecule has 0 bridgehead atoms. The molecule has 0 saturated heterocycles. The Morgan fingerprint density at radius 3 is 2.63 bits per heavy atom. The Labute approximate surface area is 133 Å². The van der Waals surface area contributed by atoms with Crippen LogP contribution in [-0.4, -0.2) is 21.8 Å². The summed E-state index contributed by atoms with van der Waals surface area (Å²) >= 11 is 8.25. The van der Waals surface area contributed by atoms with Crippen molar-refractivity contribution in [1.29, 1.82) is 10.5 Å². The molecule has 2 unspecified atom stereocenters. The highest BCUT2D eigenvalue weighted by atomic mass is 79.9. The Morgan fingerprint density at radius 1 is 1.53 bits per heavy atom. The molecule has 0 fully saturated rings. The van der Waals surface area contributed by atoms with Gasteiger partial charge in [-0.05, 0) is 0 Å². The van der Waals surface area contributed by atoms with E-state index in [9.17, 15) is 10.1 Å². The zero-order valence-electron chi connectivity index (χ0n) is 10.5. The lowest BCUT2D eigenvalue weighted by Gasteiger charge is -2.34. The lowest BCUT2D eigenvalue weighted by molar-refractivity contribution is -0.125. The molecule has 0 aromatic rings. The number of nitrogens with zero attached hydrogens (tertiary/aromatic N) is 2. The molecule has 0 aliphatic carbocycles. The van der Waals surface area contributed by atoms with Gasteiger partial charge < -0.3 is 5.32 Å². The molecule has 1 rings (SSSR count). The van der Waals surface area contributed by atoms with Crippen LogP contribution >= 0.6 is 43.6 Å². The van der Waals surface area contributed by atoms with Crippen LogP contribution in [0.15, 0.2) is 10.6 Å². The van der Waals surface area contributed by atoms with E-state index in [1.807, 2.05) is 6.07 Å². The maximum atomic E-state index is 11.9. The summed E-state index contributed by atoms with van der Waals surface area (Å²) in [5, 5.41) is 22.4. The summed E-state index contributed by atoms with van der Waals surface area (Å²) < 4.78 is 0. The van der Waals surface area contributed by atoms with Crippen molar-refractivity contribution >= 4 is 49.5 Å². The van der Waals surface area contributed by atoms with E-state index in [1.54, 1.807) is 13.8 Å². The Bertz CT molecular complexity index is 490. The van der Waals surface area contributed by atoms with Crippen LogP contribution in [0.25, 0.3) is 0 Å². The summed E-state index contributed by atoms with van der Waals surface area (Å²) in [5.41, 5.74) is -0.289. The number of carbonyl (C=O) groups is 1. The predicted octanol–water partition coefficient (Wildman–Crippen LogP) is 2.91. The molecule has 1 heterocycles. The Hall–Kier alpha value is -0.500. The van der Waals surface area contributed by atoms with Crippen LogP contribution in [0.5, 0.6) is 0 Å². The van der Waals surface area contributed by atoms with Gasteiger partial charge in [-0.2, -0.15) is 10.5 Å². The number of thioether (sulfide) groups is 1. The number of carbonyl (C=O) groups excluding carboxylic acids is 1. The standard InChI is InChI=1S/C12H13Br2N3OS/c1-12(2)8(4-15)10(18)17-11(9(12)5-16)19-6-7(14)3-13/h7-8H,3,6H2,1-2H3,(H,17,18). The van der Waals surface area contributed by atoms with Crippen molar-refractivity contribution in [3.05, 3.63) is 10.6 Å². The normalized spacial score (nSPS) is 23.3. The quantitative estimate of drug-likeness (QED) is 0.728. The maximum Gasteiger partial charge on any atom is 0.243 e. The third-order valence-corrected chi connectivity index (χ3v) is 6.80. The van der Waals surface area contributed by atoms with Crippen molar-refractivity contribution in [2.75, 3.05) is 11.1 Å². The first kappa shape index (κ1) is 16.6. The van der Waals surface area contributed by atoms with Gasteiger partial charge in [0.05, 0.1) is 22.7 Å². The first-order chi connectivity index (χ1) is 8.88. The van der Waals surface area contributed by atoms with E-state index in [0.29, 0.717) is 10.6 Å². The number of hydrogen-bond donors (Lipinski definition) is 1. The maximum absolute atomic E-state index is 11.9. The van der Waals surface area contributed by atoms with Gasteiger partial charge in [0.15, 0.2) is 0 Å². The summed E-state index contributed by atoms with van der Waals surface area (Å²) in [6.07, 6.45) is 0. The Morgan fingerprint density at radius 2 is 2.16 bits per heavy atom. The largest absolute Gasteiger partial charge is 0.319 e. The fourth-order valence-electron chi connectivity index (χ4n) is 1.75. The van der Waals surface area contributed by atoms with Crippen LogP contribution in [0.3, 0.4) is 0 Å². The molecule has 0 radical (unpaired) electrons. The van der Waals surface area contributed by atoms with Crippen molar-refractivity contribution in [3.63, 3.8) is 0 Å². The molecular formula is C12H13Br2N3OS. The molecule has 1 N–H and O–H groups in total. The molecule has 2 atom stereocenters. The van der Waals surface area contributed by atoms with Crippen molar-refractivity contribution in [1.82, 2.24) is 5.32 Å². The molecule has 0 spiro atoms. The topological polar surface area (TPSA) is 76.7 Å². The number of rotatable bonds is 4. The number of alkyl halides is 2. The van der Waals surface area contributed by atoms with E-state index in [-0.39, 0.29) is 10.7 Å². The van der Waals surface area contributed by atoms with Gasteiger partial charge in [-0.15, -0.1) is 11.8 Å². The van der Waals surface area contributed by atoms with Crippen LogP contribution in [0.1, 0.15) is 13.8 Å². The molecule has 1 aliphatic heterocycles. The zero-order valence-corrected chi connectivity index (χ0v) is 14.5. The summed E-state index contributed by atoms with van der Waals surface area (Å²) in [6.45, 7) is 3.52. The fourth-order valence-corrected chi connectivity index (χ4v) is 3.77. The Kier molecular flexibility index (Phi) is 5.91. The van der Waals surface area contributed by atoms with E-state index in [4.69, 9.17) is 5.26 Å². The van der Waals surface area contributed by atoms with Crippen LogP contribution in [0.4, 0.5) is 0 Å². The van der Waals surface area contributed by atoms with Gasteiger partial charge in [0.25, 0.3) is 0 Å². The average Bonchev–Trinajstić information content (AvgIpc) is 2.35. The summed E-state index contributed by atoms with van der Waals surface area (Å²) in [5.74, 6) is -0.444. The highest BCUT2D eigenvalue weighted by Gasteiger charge is 2.44. The monoisotopic (exact) mass is 405 g/mol. The molecule has 1 aliphatic rings. The van der Waals surface area contributed by atoms with Crippen LogP contribution < -0.4 is 5.32 Å². The molecule has 0 aromatic carbocycles. The number of allylic oxidation sites excluding steroid dienone is 1. The van der Waals surface area contributed by atoms with Gasteiger partial charge >= 0.3 is 0 Å². The van der Waals surface area contributed by atoms with Crippen molar-refractivity contribution in [2.45, 2.75) is 18.7 Å². The van der Waals surface area contributed by atoms with Crippen molar-refractivity contribution < 1.29 is 4.79 Å². The number of nitrogens with one attached hydrogen (secondary N) is 1. The third kappa shape index (κ3) is 3.53. The van der Waals surface area contributed by atoms with Gasteiger partial charge in [-0.1, -0.05) is 45.7 Å². The molecule has 4 nitrogen and oxygen atoms in total. The van der Waals surface area contributed by atoms with Crippen LogP contribution in [0.2, 0.25) is 0 Å². The molecule has 102 valence electrons. The first-order valence-electron chi connectivity index (χ1n) is 5.56. The lowest BCUT2D eigenvalue weighted by atomic mass is 9.72. The van der Waals surface area contributed by atoms with E-state index in [1.165, 1.54) is 11.8 Å². The average molecular weight is 407 g/mol. The summed E-state index contributed by atoms with van der Waals surface area (Å²) in [6, 6.07) is 4.12. The highest BCUT2D eigenvalue weighted by Crippen LogP contribution is 2.42. The van der Waals surface area contributed by atoms with E-state index in [2.05, 4.69) is 43.2 Å². The molecule has 0 saturated carbocycles. The summed E-state index contributed by atoms with van der Waals surface area (Å²) in [7, 11) is 0. The van der Waals surface area contributed by atoms with E-state index in [0.717, 1.165) is 11.1 Å². The van der Waals surface area contributed by atoms with Crippen LogP contribution in [0, 0.1) is 34.0 Å². The molecule has 0 aromatic heterocycles. The number of hydrogen-bond acceptors (Lipinski definition) is 4. The van der Waals surface area contributed by atoms with Crippen LogP contribution in [-0.2, 0) is 4.79 Å². The van der Waals surface area contributed by atoms with Gasteiger partial charge in [0.1, 0.15) is 5.92 Å². The number of halogens is 2. The van der Waals surface area contributed by atoms with Gasteiger partial charge in [0.2, 0.25) is 5.91 Å². The SMILES string of the molecule is CC1(C)C(C#N)=C(SCC(Br)CBr)NC(=O)C1C#N. The minimum atomic E-state index is -0.831. The number of amides is 1. The van der Waals surface area contributed by atoms with E-state index >= 15 is 0 Å². The van der Waals surface area contributed by atoms with Gasteiger partial charge in [-0.3, -0.25) is 4.79 Å². The minimum absolute atomic E-state index is 0.249. The molecule has 7 heteroatoms. The molecular weight excluding hydrogens is 394 g/mol. The lowest BCUT2D eigenvalue weighted by Crippen LogP contribution is -2.44. The third-order valence-electron chi connectivity index (χ3n) is 2.91. The zero-order chi connectivity index (χ0) is 14.6. The van der Waals surface area contributed by atoms with Gasteiger partial charge in [-0.25, -0.2) is 0 Å². The fraction of sp³-hybridized carbons (Fsp3) is 0.583. The second-order valence-corrected chi connectivity index (χ2v) is 7.62. The summed E-state index contributed by atoms with van der Waals surface area (Å²) in [4.78, 5) is 12.2. The molecule has 1 amide bonds. The minimum Gasteiger partial charge on any atom is -0.319 e. The van der Waals surface area contributed by atoms with Crippen molar-refractivity contribution in [3.8, 4) is 12.1 Å². The smallest absolute Gasteiger partial charge is 0.243 e. The second-order valence-electron chi connectivity index (χ2n) is 4.65. The molecule has 19 heavy (non-hydrogen) atoms. The van der Waals surface area contributed by atoms with E-state index < -0.39 is 11.3 Å². The first-order valence-corrected chi connectivity index (χ1v) is 8.58. The number of nitriles is 2. The van der Waals surface area contributed by atoms with Crippen molar-refractivity contribution in [2.24, 2.45) is 11.3 Å². The Balaban J connectivity index is 3.07. The predicted molar refractivity (Wildman–Crippen MR) is 82.6 cm³/mol. The second kappa shape index (κ2) is 6.78. The highest BCUT2D eigenvalue weighted by molar-refractivity contribution is 9.12. The van der Waals surface area contributed by atoms with Gasteiger partial charge in [0, 0.05) is 21.3 Å².